The summed E-state index contributed by atoms with van der Waals surface area (Å²) in [7, 11) is 1.80. The predicted octanol–water partition coefficient (Wildman–Crippen LogP) is 1.56. The van der Waals surface area contributed by atoms with Gasteiger partial charge in [0.25, 0.3) is 5.91 Å². The number of carbonyl (C=O) groups is 1. The highest BCUT2D eigenvalue weighted by Crippen LogP contribution is 2.14. The first-order valence-electron chi connectivity index (χ1n) is 5.22. The lowest BCUT2D eigenvalue weighted by Gasteiger charge is -2.06. The molecule has 0 fully saturated rings. The number of nitrogen functional groups attached to an aromatic ring is 1. The van der Waals surface area contributed by atoms with Crippen LogP contribution in [0.15, 0.2) is 30.6 Å². The van der Waals surface area contributed by atoms with Crippen molar-refractivity contribution in [3.8, 4) is 0 Å². The summed E-state index contributed by atoms with van der Waals surface area (Å²) in [6, 6.07) is 5.21. The molecule has 5 heteroatoms. The van der Waals surface area contributed by atoms with Crippen LogP contribution in [0.2, 0.25) is 0 Å². The van der Waals surface area contributed by atoms with Gasteiger partial charge in [0.15, 0.2) is 0 Å². The Hall–Kier alpha value is -2.30. The highest BCUT2D eigenvalue weighted by atomic mass is 16.1. The van der Waals surface area contributed by atoms with Crippen LogP contribution in [0.25, 0.3) is 0 Å². The van der Waals surface area contributed by atoms with Gasteiger partial charge in [0.2, 0.25) is 0 Å². The zero-order valence-electron chi connectivity index (χ0n) is 9.77. The molecular formula is C12H14N4O. The molecule has 0 bridgehead atoms. The lowest BCUT2D eigenvalue weighted by Crippen LogP contribution is -2.13. The minimum absolute atomic E-state index is 0.157. The second-order valence-corrected chi connectivity index (χ2v) is 3.93. The van der Waals surface area contributed by atoms with Crippen molar-refractivity contribution in [1.82, 2.24) is 9.78 Å². The number of aromatic nitrogens is 2. The van der Waals surface area contributed by atoms with Gasteiger partial charge in [-0.15, -0.1) is 0 Å². The van der Waals surface area contributed by atoms with Gasteiger partial charge in [-0.05, 0) is 30.7 Å². The van der Waals surface area contributed by atoms with E-state index in [1.54, 1.807) is 42.3 Å². The molecule has 0 saturated heterocycles. The summed E-state index contributed by atoms with van der Waals surface area (Å²) in [5.74, 6) is -0.157. The smallest absolute Gasteiger partial charge is 0.256 e. The molecule has 0 spiro atoms. The molecule has 5 nitrogen and oxygen atoms in total. The molecule has 0 radical (unpaired) electrons. The Morgan fingerprint density at radius 3 is 2.82 bits per heavy atom. The number of nitrogens with one attached hydrogen (secondary N) is 1. The summed E-state index contributed by atoms with van der Waals surface area (Å²) in [5.41, 5.74) is 8.43. The van der Waals surface area contributed by atoms with Gasteiger partial charge in [-0.3, -0.25) is 9.48 Å². The van der Waals surface area contributed by atoms with E-state index in [9.17, 15) is 4.79 Å². The molecular weight excluding hydrogens is 216 g/mol. The summed E-state index contributed by atoms with van der Waals surface area (Å²) in [4.78, 5) is 12.0. The lowest BCUT2D eigenvalue weighted by molar-refractivity contribution is 0.102. The van der Waals surface area contributed by atoms with Crippen molar-refractivity contribution in [2.45, 2.75) is 6.92 Å². The molecule has 0 unspecified atom stereocenters. The first kappa shape index (κ1) is 11.2. The number of hydrogen-bond acceptors (Lipinski definition) is 3. The van der Waals surface area contributed by atoms with Crippen LogP contribution in [-0.4, -0.2) is 15.7 Å². The molecule has 3 N–H and O–H groups in total. The van der Waals surface area contributed by atoms with Crippen LogP contribution >= 0.6 is 0 Å². The molecule has 0 aliphatic carbocycles. The molecule has 1 heterocycles. The summed E-state index contributed by atoms with van der Waals surface area (Å²) in [6.45, 7) is 1.86. The number of aryl methyl sites for hydroxylation is 2. The van der Waals surface area contributed by atoms with Gasteiger partial charge in [0, 0.05) is 24.5 Å². The maximum atomic E-state index is 12.0. The first-order valence-corrected chi connectivity index (χ1v) is 5.22. The Kier molecular flexibility index (Phi) is 2.82. The largest absolute Gasteiger partial charge is 0.399 e. The first-order chi connectivity index (χ1) is 8.06. The maximum Gasteiger partial charge on any atom is 0.256 e. The number of hydrogen-bond donors (Lipinski definition) is 2. The topological polar surface area (TPSA) is 72.9 Å². The maximum absolute atomic E-state index is 12.0. The third-order valence-corrected chi connectivity index (χ3v) is 2.46. The summed E-state index contributed by atoms with van der Waals surface area (Å²) in [5, 5.41) is 6.76. The van der Waals surface area contributed by atoms with Crippen molar-refractivity contribution in [3.63, 3.8) is 0 Å². The van der Waals surface area contributed by atoms with E-state index in [1.807, 2.05) is 6.92 Å². The van der Waals surface area contributed by atoms with Gasteiger partial charge >= 0.3 is 0 Å². The van der Waals surface area contributed by atoms with Crippen LogP contribution < -0.4 is 11.1 Å². The van der Waals surface area contributed by atoms with Gasteiger partial charge in [0.1, 0.15) is 0 Å². The minimum Gasteiger partial charge on any atom is -0.399 e. The number of carbonyl (C=O) groups excluding carboxylic acids is 1. The molecule has 1 amide bonds. The fraction of sp³-hybridized carbons (Fsp3) is 0.167. The highest BCUT2D eigenvalue weighted by molar-refractivity contribution is 6.05. The number of nitrogens with two attached hydrogens (primary N) is 1. The number of rotatable bonds is 2. The van der Waals surface area contributed by atoms with Crippen LogP contribution in [-0.2, 0) is 7.05 Å². The molecule has 0 aliphatic heterocycles. The molecule has 2 aromatic rings. The summed E-state index contributed by atoms with van der Waals surface area (Å²) >= 11 is 0. The van der Waals surface area contributed by atoms with Crippen molar-refractivity contribution < 1.29 is 4.79 Å². The van der Waals surface area contributed by atoms with Crippen LogP contribution in [0.1, 0.15) is 15.9 Å². The van der Waals surface area contributed by atoms with E-state index in [2.05, 4.69) is 10.4 Å². The Morgan fingerprint density at radius 2 is 2.24 bits per heavy atom. The van der Waals surface area contributed by atoms with E-state index in [4.69, 9.17) is 5.73 Å². The molecule has 1 aromatic heterocycles. The molecule has 1 aromatic carbocycles. The van der Waals surface area contributed by atoms with E-state index >= 15 is 0 Å². The van der Waals surface area contributed by atoms with Crippen LogP contribution in [0, 0.1) is 6.92 Å². The Bertz CT molecular complexity index is 559. The average molecular weight is 230 g/mol. The van der Waals surface area contributed by atoms with Crippen molar-refractivity contribution in [3.05, 3.63) is 41.7 Å². The Balaban J connectivity index is 2.20. The van der Waals surface area contributed by atoms with Crippen LogP contribution in [0.4, 0.5) is 11.4 Å². The molecule has 2 rings (SSSR count). The van der Waals surface area contributed by atoms with E-state index in [-0.39, 0.29) is 5.91 Å². The number of nitrogens with zero attached hydrogens (tertiary/aromatic N) is 2. The van der Waals surface area contributed by atoms with Gasteiger partial charge in [-0.25, -0.2) is 0 Å². The summed E-state index contributed by atoms with van der Waals surface area (Å²) in [6.07, 6.45) is 3.34. The van der Waals surface area contributed by atoms with Crippen molar-refractivity contribution in [2.24, 2.45) is 7.05 Å². The van der Waals surface area contributed by atoms with E-state index < -0.39 is 0 Å². The standard InChI is InChI=1S/C12H14N4O/c1-8-5-9(13)3-4-11(8)12(17)15-10-6-14-16(2)7-10/h3-7H,13H2,1-2H3,(H,15,17). The number of benzene rings is 1. The minimum atomic E-state index is -0.157. The van der Waals surface area contributed by atoms with E-state index in [0.717, 1.165) is 5.56 Å². The fourth-order valence-electron chi connectivity index (χ4n) is 1.63. The van der Waals surface area contributed by atoms with Crippen LogP contribution in [0.5, 0.6) is 0 Å². The summed E-state index contributed by atoms with van der Waals surface area (Å²) < 4.78 is 1.63. The lowest BCUT2D eigenvalue weighted by atomic mass is 10.1. The number of amides is 1. The third-order valence-electron chi connectivity index (χ3n) is 2.46. The third kappa shape index (κ3) is 2.44. The fourth-order valence-corrected chi connectivity index (χ4v) is 1.63. The second kappa shape index (κ2) is 4.29. The van der Waals surface area contributed by atoms with E-state index in [1.165, 1.54) is 0 Å². The monoisotopic (exact) mass is 230 g/mol. The van der Waals surface area contributed by atoms with Gasteiger partial charge in [-0.2, -0.15) is 5.10 Å². The van der Waals surface area contributed by atoms with Crippen molar-refractivity contribution in [1.29, 1.82) is 0 Å². The molecule has 0 saturated carbocycles. The zero-order chi connectivity index (χ0) is 12.4. The van der Waals surface area contributed by atoms with Gasteiger partial charge in [0.05, 0.1) is 11.9 Å². The van der Waals surface area contributed by atoms with Gasteiger partial charge in [-0.1, -0.05) is 0 Å². The van der Waals surface area contributed by atoms with Crippen LogP contribution in [0.3, 0.4) is 0 Å². The molecule has 0 atom stereocenters. The Labute approximate surface area is 99.2 Å². The number of anilines is 2. The van der Waals surface area contributed by atoms with Crippen molar-refractivity contribution in [2.75, 3.05) is 11.1 Å². The quantitative estimate of drug-likeness (QED) is 0.769. The molecule has 88 valence electrons. The van der Waals surface area contributed by atoms with E-state index in [0.29, 0.717) is 16.9 Å². The average Bonchev–Trinajstić information content (AvgIpc) is 2.63. The van der Waals surface area contributed by atoms with Crippen molar-refractivity contribution >= 4 is 17.3 Å². The van der Waals surface area contributed by atoms with Gasteiger partial charge < -0.3 is 11.1 Å². The highest BCUT2D eigenvalue weighted by Gasteiger charge is 2.09. The second-order valence-electron chi connectivity index (χ2n) is 3.93. The normalized spacial score (nSPS) is 10.2. The predicted molar refractivity (Wildman–Crippen MR) is 66.8 cm³/mol. The molecule has 17 heavy (non-hydrogen) atoms. The zero-order valence-corrected chi connectivity index (χ0v) is 9.77. The molecule has 0 aliphatic rings. The SMILES string of the molecule is Cc1cc(N)ccc1C(=O)Nc1cnn(C)c1. The Morgan fingerprint density at radius 1 is 1.47 bits per heavy atom.